The fraction of sp³-hybridized carbons (Fsp3) is 0.667. The van der Waals surface area contributed by atoms with E-state index in [9.17, 15) is 0 Å². The van der Waals surface area contributed by atoms with Crippen LogP contribution >= 0.6 is 0 Å². The highest BCUT2D eigenvalue weighted by Crippen LogP contribution is 2.40. The lowest BCUT2D eigenvalue weighted by Gasteiger charge is -2.32. The van der Waals surface area contributed by atoms with Crippen LogP contribution < -0.4 is 5.32 Å². The molecule has 0 aromatic carbocycles. The minimum absolute atomic E-state index is 0.265. The van der Waals surface area contributed by atoms with E-state index in [1.54, 1.807) is 0 Å². The van der Waals surface area contributed by atoms with Crippen molar-refractivity contribution < 1.29 is 9.31 Å². The average molecular weight is 221 g/mol. The molecule has 0 saturated carbocycles. The van der Waals surface area contributed by atoms with Gasteiger partial charge in [-0.2, -0.15) is 0 Å². The van der Waals surface area contributed by atoms with E-state index in [0.29, 0.717) is 0 Å². The van der Waals surface area contributed by atoms with Crippen LogP contribution in [0.2, 0.25) is 0 Å². The third-order valence-corrected chi connectivity index (χ3v) is 3.79. The average Bonchev–Trinajstić information content (AvgIpc) is 2.38. The first-order chi connectivity index (χ1) is 7.27. The minimum atomic E-state index is -0.292. The van der Waals surface area contributed by atoms with E-state index in [1.165, 1.54) is 0 Å². The van der Waals surface area contributed by atoms with Crippen LogP contribution in [-0.4, -0.2) is 23.8 Å². The molecule has 1 fully saturated rings. The summed E-state index contributed by atoms with van der Waals surface area (Å²) in [7, 11) is -0.265. The quantitative estimate of drug-likeness (QED) is 0.687. The molecule has 0 aromatic heterocycles. The molecule has 2 aliphatic rings. The number of hydrogen-bond donors (Lipinski definition) is 1. The monoisotopic (exact) mass is 221 g/mol. The Labute approximate surface area is 98.0 Å². The summed E-state index contributed by atoms with van der Waals surface area (Å²) in [4.78, 5) is 0. The van der Waals surface area contributed by atoms with Gasteiger partial charge in [0.1, 0.15) is 0 Å². The first kappa shape index (κ1) is 11.7. The summed E-state index contributed by atoms with van der Waals surface area (Å²) >= 11 is 0. The van der Waals surface area contributed by atoms with Gasteiger partial charge in [0.25, 0.3) is 0 Å². The van der Waals surface area contributed by atoms with Crippen LogP contribution in [0.3, 0.4) is 0 Å². The third-order valence-electron chi connectivity index (χ3n) is 3.79. The first-order valence-electron chi connectivity index (χ1n) is 5.75. The molecule has 0 aromatic rings. The molecule has 2 rings (SSSR count). The van der Waals surface area contributed by atoms with E-state index in [2.05, 4.69) is 46.0 Å². The normalized spacial score (nSPS) is 35.2. The van der Waals surface area contributed by atoms with Crippen LogP contribution in [-0.2, 0) is 9.31 Å². The van der Waals surface area contributed by atoms with Crippen LogP contribution in [0.5, 0.6) is 0 Å². The first-order valence-corrected chi connectivity index (χ1v) is 5.75. The summed E-state index contributed by atoms with van der Waals surface area (Å²) in [6, 6.07) is 0. The summed E-state index contributed by atoms with van der Waals surface area (Å²) in [6.45, 7) is 10.4. The molecule has 1 N–H and O–H groups in total. The molecular weight excluding hydrogens is 201 g/mol. The molecular formula is C12H20BNO2. The Morgan fingerprint density at radius 2 is 1.50 bits per heavy atom. The molecule has 16 heavy (non-hydrogen) atoms. The summed E-state index contributed by atoms with van der Waals surface area (Å²) in [6.07, 6.45) is 7.98. The van der Waals surface area contributed by atoms with Crippen LogP contribution in [0.25, 0.3) is 0 Å². The Balaban J connectivity index is 2.20. The Hall–Kier alpha value is -0.735. The summed E-state index contributed by atoms with van der Waals surface area (Å²) in [5.41, 5.74) is -0.853. The van der Waals surface area contributed by atoms with E-state index in [0.717, 1.165) is 0 Å². The SMILES string of the molecule is CC1(B2OC(C)(C)C(C)(C)O2)C=CC=CN1. The van der Waals surface area contributed by atoms with Crippen molar-refractivity contribution in [2.45, 2.75) is 51.3 Å². The molecule has 1 saturated heterocycles. The van der Waals surface area contributed by atoms with Crippen molar-refractivity contribution in [2.24, 2.45) is 0 Å². The summed E-state index contributed by atoms with van der Waals surface area (Å²) in [5.74, 6) is 0. The van der Waals surface area contributed by atoms with Crippen LogP contribution in [0.15, 0.2) is 24.4 Å². The number of rotatable bonds is 1. The van der Waals surface area contributed by atoms with E-state index in [4.69, 9.17) is 9.31 Å². The van der Waals surface area contributed by atoms with Gasteiger partial charge in [0, 0.05) is 0 Å². The second-order valence-corrected chi connectivity index (χ2v) is 5.73. The molecule has 0 spiro atoms. The zero-order valence-electron chi connectivity index (χ0n) is 10.7. The van der Waals surface area contributed by atoms with Crippen molar-refractivity contribution in [2.75, 3.05) is 0 Å². The minimum Gasteiger partial charge on any atom is -0.402 e. The summed E-state index contributed by atoms with van der Waals surface area (Å²) in [5, 5.41) is 3.30. The number of hydrogen-bond acceptors (Lipinski definition) is 3. The van der Waals surface area contributed by atoms with Gasteiger partial charge in [0.05, 0.1) is 16.6 Å². The van der Waals surface area contributed by atoms with E-state index in [-0.39, 0.29) is 23.8 Å². The summed E-state index contributed by atoms with van der Waals surface area (Å²) < 4.78 is 12.1. The highest BCUT2D eigenvalue weighted by molar-refractivity contribution is 6.50. The van der Waals surface area contributed by atoms with E-state index < -0.39 is 0 Å². The molecule has 4 heteroatoms. The molecule has 0 aliphatic carbocycles. The highest BCUT2D eigenvalue weighted by atomic mass is 16.7. The Kier molecular flexibility index (Phi) is 2.48. The molecule has 88 valence electrons. The standard InChI is InChI=1S/C12H20BNO2/c1-10(2)11(3,4)16-13(15-10)12(5)8-6-7-9-14-12/h6-9,14H,1-5H3. The van der Waals surface area contributed by atoms with E-state index >= 15 is 0 Å². The Morgan fingerprint density at radius 3 is 1.94 bits per heavy atom. The van der Waals surface area contributed by atoms with Gasteiger partial charge < -0.3 is 14.6 Å². The maximum absolute atomic E-state index is 6.04. The molecule has 0 radical (unpaired) electrons. The molecule has 0 bridgehead atoms. The predicted octanol–water partition coefficient (Wildman–Crippen LogP) is 2.05. The van der Waals surface area contributed by atoms with Crippen molar-refractivity contribution >= 4 is 7.12 Å². The van der Waals surface area contributed by atoms with Crippen molar-refractivity contribution in [1.82, 2.24) is 5.32 Å². The van der Waals surface area contributed by atoms with Gasteiger partial charge in [-0.05, 0) is 46.9 Å². The third kappa shape index (κ3) is 1.70. The lowest BCUT2D eigenvalue weighted by atomic mass is 9.64. The zero-order valence-corrected chi connectivity index (χ0v) is 10.7. The van der Waals surface area contributed by atoms with Gasteiger partial charge in [-0.15, -0.1) is 0 Å². The van der Waals surface area contributed by atoms with Crippen molar-refractivity contribution in [3.63, 3.8) is 0 Å². The Morgan fingerprint density at radius 1 is 0.938 bits per heavy atom. The van der Waals surface area contributed by atoms with Gasteiger partial charge in [0.2, 0.25) is 0 Å². The van der Waals surface area contributed by atoms with Crippen molar-refractivity contribution in [1.29, 1.82) is 0 Å². The lowest BCUT2D eigenvalue weighted by molar-refractivity contribution is 0.00578. The number of nitrogens with one attached hydrogen (secondary N) is 1. The number of allylic oxidation sites excluding steroid dienone is 2. The van der Waals surface area contributed by atoms with Gasteiger partial charge in [-0.1, -0.05) is 12.2 Å². The molecule has 3 nitrogen and oxygen atoms in total. The number of dihydropyridines is 1. The second-order valence-electron chi connectivity index (χ2n) is 5.73. The van der Waals surface area contributed by atoms with Crippen LogP contribution in [0.4, 0.5) is 0 Å². The van der Waals surface area contributed by atoms with Crippen molar-refractivity contribution in [3.05, 3.63) is 24.4 Å². The molecule has 0 amide bonds. The topological polar surface area (TPSA) is 30.5 Å². The van der Waals surface area contributed by atoms with Gasteiger partial charge in [-0.25, -0.2) is 0 Å². The second kappa shape index (κ2) is 3.38. The fourth-order valence-electron chi connectivity index (χ4n) is 1.82. The van der Waals surface area contributed by atoms with E-state index in [1.807, 2.05) is 18.4 Å². The molecule has 1 atom stereocenters. The zero-order chi connectivity index (χ0) is 12.0. The maximum atomic E-state index is 6.04. The van der Waals surface area contributed by atoms with Gasteiger partial charge >= 0.3 is 7.12 Å². The molecule has 2 aliphatic heterocycles. The van der Waals surface area contributed by atoms with Gasteiger partial charge in [-0.3, -0.25) is 0 Å². The smallest absolute Gasteiger partial charge is 0.402 e. The highest BCUT2D eigenvalue weighted by Gasteiger charge is 2.57. The van der Waals surface area contributed by atoms with Gasteiger partial charge in [0.15, 0.2) is 0 Å². The fourth-order valence-corrected chi connectivity index (χ4v) is 1.82. The molecule has 2 heterocycles. The largest absolute Gasteiger partial charge is 0.489 e. The predicted molar refractivity (Wildman–Crippen MR) is 65.9 cm³/mol. The van der Waals surface area contributed by atoms with Crippen LogP contribution in [0, 0.1) is 0 Å². The van der Waals surface area contributed by atoms with Crippen molar-refractivity contribution in [3.8, 4) is 0 Å². The Bertz CT molecular complexity index is 333. The molecule has 1 unspecified atom stereocenters. The maximum Gasteiger partial charge on any atom is 0.489 e. The lowest BCUT2D eigenvalue weighted by Crippen LogP contribution is -2.54. The van der Waals surface area contributed by atoms with Crippen LogP contribution in [0.1, 0.15) is 34.6 Å².